The molecular formula is C12H12BrClO4. The fourth-order valence-corrected chi connectivity index (χ4v) is 1.96. The van der Waals surface area contributed by atoms with E-state index in [4.69, 9.17) is 16.7 Å². The van der Waals surface area contributed by atoms with Gasteiger partial charge in [-0.3, -0.25) is 4.79 Å². The van der Waals surface area contributed by atoms with Crippen molar-refractivity contribution in [1.29, 1.82) is 0 Å². The van der Waals surface area contributed by atoms with Crippen molar-refractivity contribution in [2.24, 2.45) is 0 Å². The lowest BCUT2D eigenvalue weighted by Gasteiger charge is -2.12. The number of halogens is 2. The van der Waals surface area contributed by atoms with Crippen molar-refractivity contribution in [1.82, 2.24) is 0 Å². The van der Waals surface area contributed by atoms with Crippen LogP contribution in [0, 0.1) is 0 Å². The number of alkyl halides is 2. The van der Waals surface area contributed by atoms with E-state index in [2.05, 4.69) is 15.9 Å². The first-order valence-electron chi connectivity index (χ1n) is 5.16. The molecule has 0 aromatic heterocycles. The van der Waals surface area contributed by atoms with Gasteiger partial charge in [0.2, 0.25) is 0 Å². The number of aliphatic hydroxyl groups is 1. The highest BCUT2D eigenvalue weighted by molar-refractivity contribution is 9.10. The molecule has 0 radical (unpaired) electrons. The van der Waals surface area contributed by atoms with E-state index < -0.39 is 12.1 Å². The van der Waals surface area contributed by atoms with Gasteiger partial charge in [-0.25, -0.2) is 4.79 Å². The molecule has 0 saturated carbocycles. The van der Waals surface area contributed by atoms with E-state index in [1.165, 1.54) is 18.2 Å². The van der Waals surface area contributed by atoms with Crippen LogP contribution in [0.15, 0.2) is 18.2 Å². The Hall–Kier alpha value is -0.910. The van der Waals surface area contributed by atoms with Gasteiger partial charge in [-0.15, -0.1) is 11.6 Å². The summed E-state index contributed by atoms with van der Waals surface area (Å²) in [6.07, 6.45) is -1.61. The number of Topliss-reactive ketones (excluding diaryl/α,β-unsaturated/α-hetero) is 1. The van der Waals surface area contributed by atoms with Crippen molar-refractivity contribution in [3.05, 3.63) is 34.9 Å². The molecule has 0 bridgehead atoms. The molecule has 1 rings (SSSR count). The number of hydrogen-bond acceptors (Lipinski definition) is 3. The van der Waals surface area contributed by atoms with Crippen molar-refractivity contribution in [2.75, 3.05) is 0 Å². The largest absolute Gasteiger partial charge is 0.479 e. The summed E-state index contributed by atoms with van der Waals surface area (Å²) in [5, 5.41) is 18.1. The smallest absolute Gasteiger partial charge is 0.337 e. The second-order valence-electron chi connectivity index (χ2n) is 3.77. The van der Waals surface area contributed by atoms with E-state index in [0.29, 0.717) is 11.1 Å². The van der Waals surface area contributed by atoms with Crippen LogP contribution in [0.2, 0.25) is 0 Å². The molecule has 1 aromatic carbocycles. The third-order valence-electron chi connectivity index (χ3n) is 2.45. The standard InChI is InChI=1S/C12H12BrClO4/c1-6(13)10(15)9-3-2-7(4-8(9)5-14)11(16)12(17)18/h2-4,6,11,16H,5H2,1H3,(H,17,18). The molecule has 6 heteroatoms. The maximum atomic E-state index is 11.9. The van der Waals surface area contributed by atoms with E-state index in [1.54, 1.807) is 6.92 Å². The number of rotatable bonds is 5. The molecule has 0 spiro atoms. The van der Waals surface area contributed by atoms with Crippen LogP contribution in [-0.2, 0) is 10.7 Å². The topological polar surface area (TPSA) is 74.6 Å². The fraction of sp³-hybridized carbons (Fsp3) is 0.333. The summed E-state index contributed by atoms with van der Waals surface area (Å²) in [7, 11) is 0. The highest BCUT2D eigenvalue weighted by atomic mass is 79.9. The van der Waals surface area contributed by atoms with Gasteiger partial charge in [0.25, 0.3) is 0 Å². The number of carbonyl (C=O) groups excluding carboxylic acids is 1. The maximum absolute atomic E-state index is 11.9. The van der Waals surface area contributed by atoms with Crippen LogP contribution in [0.3, 0.4) is 0 Å². The Bertz CT molecular complexity index is 473. The second kappa shape index (κ2) is 6.31. The first-order valence-corrected chi connectivity index (χ1v) is 6.61. The SMILES string of the molecule is CC(Br)C(=O)c1ccc(C(O)C(=O)O)cc1CCl. The Morgan fingerprint density at radius 3 is 2.50 bits per heavy atom. The zero-order chi connectivity index (χ0) is 13.9. The number of hydrogen-bond donors (Lipinski definition) is 2. The second-order valence-corrected chi connectivity index (χ2v) is 5.41. The van der Waals surface area contributed by atoms with Gasteiger partial charge in [0.05, 0.1) is 4.83 Å². The monoisotopic (exact) mass is 334 g/mol. The molecule has 0 aliphatic rings. The normalized spacial score (nSPS) is 14.0. The molecule has 18 heavy (non-hydrogen) atoms. The van der Waals surface area contributed by atoms with Crippen LogP contribution >= 0.6 is 27.5 Å². The van der Waals surface area contributed by atoms with Crippen LogP contribution in [-0.4, -0.2) is 26.8 Å². The van der Waals surface area contributed by atoms with Crippen molar-refractivity contribution in [3.63, 3.8) is 0 Å². The Kier molecular flexibility index (Phi) is 5.31. The summed E-state index contributed by atoms with van der Waals surface area (Å²) in [5.74, 6) is -1.41. The number of benzene rings is 1. The zero-order valence-electron chi connectivity index (χ0n) is 9.56. The minimum atomic E-state index is -1.61. The molecule has 0 fully saturated rings. The summed E-state index contributed by atoms with van der Waals surface area (Å²) in [5.41, 5.74) is 1.14. The first-order chi connectivity index (χ1) is 8.38. The van der Waals surface area contributed by atoms with Crippen LogP contribution in [0.5, 0.6) is 0 Å². The van der Waals surface area contributed by atoms with E-state index in [9.17, 15) is 14.7 Å². The van der Waals surface area contributed by atoms with E-state index in [0.717, 1.165) is 0 Å². The average molecular weight is 336 g/mol. The highest BCUT2D eigenvalue weighted by Crippen LogP contribution is 2.22. The van der Waals surface area contributed by atoms with Gasteiger partial charge >= 0.3 is 5.97 Å². The first kappa shape index (κ1) is 15.1. The van der Waals surface area contributed by atoms with Crippen LogP contribution in [0.1, 0.15) is 34.5 Å². The molecule has 0 heterocycles. The lowest BCUT2D eigenvalue weighted by atomic mass is 9.98. The Balaban J connectivity index is 3.19. The molecule has 2 N–H and O–H groups in total. The summed E-state index contributed by atoms with van der Waals surface area (Å²) >= 11 is 8.91. The molecule has 4 nitrogen and oxygen atoms in total. The maximum Gasteiger partial charge on any atom is 0.337 e. The third-order valence-corrected chi connectivity index (χ3v) is 3.15. The minimum Gasteiger partial charge on any atom is -0.479 e. The van der Waals surface area contributed by atoms with Gasteiger partial charge in [0, 0.05) is 11.4 Å². The van der Waals surface area contributed by atoms with E-state index >= 15 is 0 Å². The number of aliphatic hydroxyl groups excluding tert-OH is 1. The molecular weight excluding hydrogens is 323 g/mol. The molecule has 0 aliphatic heterocycles. The fourth-order valence-electron chi connectivity index (χ4n) is 1.49. The Labute approximate surface area is 118 Å². The summed E-state index contributed by atoms with van der Waals surface area (Å²) in [6, 6.07) is 4.34. The van der Waals surface area contributed by atoms with Gasteiger partial charge in [-0.2, -0.15) is 0 Å². The Morgan fingerprint density at radius 1 is 1.44 bits per heavy atom. The number of carbonyl (C=O) groups is 2. The molecule has 0 saturated heterocycles. The average Bonchev–Trinajstić information content (AvgIpc) is 2.35. The van der Waals surface area contributed by atoms with Crippen molar-refractivity contribution in [2.45, 2.75) is 23.7 Å². The molecule has 1 aromatic rings. The summed E-state index contributed by atoms with van der Waals surface area (Å²) < 4.78 is 0. The summed E-state index contributed by atoms with van der Waals surface area (Å²) in [6.45, 7) is 1.69. The van der Waals surface area contributed by atoms with Gasteiger partial charge in [0.15, 0.2) is 11.9 Å². The van der Waals surface area contributed by atoms with Gasteiger partial charge in [-0.1, -0.05) is 34.1 Å². The number of carboxylic acids is 1. The predicted octanol–water partition coefficient (Wildman–Crippen LogP) is 2.51. The van der Waals surface area contributed by atoms with Crippen LogP contribution < -0.4 is 0 Å². The van der Waals surface area contributed by atoms with Crippen LogP contribution in [0.25, 0.3) is 0 Å². The molecule has 2 unspecified atom stereocenters. The van der Waals surface area contributed by atoms with Crippen LogP contribution in [0.4, 0.5) is 0 Å². The molecule has 0 amide bonds. The minimum absolute atomic E-state index is 0.0704. The van der Waals surface area contributed by atoms with Crippen molar-refractivity contribution < 1.29 is 19.8 Å². The number of aliphatic carboxylic acids is 1. The lowest BCUT2D eigenvalue weighted by Crippen LogP contribution is -2.15. The quantitative estimate of drug-likeness (QED) is 0.640. The third kappa shape index (κ3) is 3.31. The number of ketones is 1. The van der Waals surface area contributed by atoms with Crippen molar-refractivity contribution in [3.8, 4) is 0 Å². The Morgan fingerprint density at radius 2 is 2.06 bits per heavy atom. The van der Waals surface area contributed by atoms with E-state index in [-0.39, 0.29) is 22.1 Å². The summed E-state index contributed by atoms with van der Waals surface area (Å²) in [4.78, 5) is 22.2. The molecule has 98 valence electrons. The predicted molar refractivity (Wildman–Crippen MR) is 71.3 cm³/mol. The van der Waals surface area contributed by atoms with E-state index in [1.807, 2.05) is 0 Å². The van der Waals surface area contributed by atoms with Gasteiger partial charge < -0.3 is 10.2 Å². The molecule has 0 aliphatic carbocycles. The highest BCUT2D eigenvalue weighted by Gasteiger charge is 2.20. The van der Waals surface area contributed by atoms with Gasteiger partial charge in [-0.05, 0) is 18.1 Å². The number of carboxylic acid groups (broad SMARTS) is 1. The lowest BCUT2D eigenvalue weighted by molar-refractivity contribution is -0.146. The molecule has 2 atom stereocenters. The zero-order valence-corrected chi connectivity index (χ0v) is 11.9. The van der Waals surface area contributed by atoms with Gasteiger partial charge in [0.1, 0.15) is 0 Å². The van der Waals surface area contributed by atoms with Crippen molar-refractivity contribution >= 4 is 39.3 Å².